The van der Waals surface area contributed by atoms with Crippen LogP contribution in [0.5, 0.6) is 17.2 Å². The van der Waals surface area contributed by atoms with Crippen LogP contribution in [0, 0.1) is 6.92 Å². The minimum atomic E-state index is -0.348. The monoisotopic (exact) mass is 449 g/mol. The summed E-state index contributed by atoms with van der Waals surface area (Å²) in [6.07, 6.45) is 3.01. The summed E-state index contributed by atoms with van der Waals surface area (Å²) >= 11 is 0. The van der Waals surface area contributed by atoms with Crippen LogP contribution in [0.1, 0.15) is 36.2 Å². The van der Waals surface area contributed by atoms with Gasteiger partial charge in [0, 0.05) is 18.7 Å². The smallest absolute Gasteiger partial charge is 0.217 e. The molecule has 0 aliphatic heterocycles. The SMILES string of the molecule is COc1cc2c(c(OC)c1OC)-c1ccc(-n3ccc(C)n3)c(=O)cc1C(NC(C)=O)CC2. The van der Waals surface area contributed by atoms with Crippen LogP contribution in [0.2, 0.25) is 0 Å². The van der Waals surface area contributed by atoms with Gasteiger partial charge < -0.3 is 19.5 Å². The van der Waals surface area contributed by atoms with Crippen molar-refractivity contribution in [1.29, 1.82) is 0 Å². The fraction of sp³-hybridized carbons (Fsp3) is 0.320. The fourth-order valence-electron chi connectivity index (χ4n) is 4.44. The van der Waals surface area contributed by atoms with Gasteiger partial charge in [-0.3, -0.25) is 9.59 Å². The Morgan fingerprint density at radius 3 is 2.45 bits per heavy atom. The molecule has 1 amide bonds. The number of amides is 1. The normalized spacial score (nSPS) is 14.5. The molecule has 0 fully saturated rings. The van der Waals surface area contributed by atoms with E-state index in [1.54, 1.807) is 44.3 Å². The Morgan fingerprint density at radius 2 is 1.85 bits per heavy atom. The molecule has 0 spiro atoms. The van der Waals surface area contributed by atoms with Crippen LogP contribution in [0.3, 0.4) is 0 Å². The Hall–Kier alpha value is -3.81. The Kier molecular flexibility index (Phi) is 6.09. The summed E-state index contributed by atoms with van der Waals surface area (Å²) in [5.41, 5.74) is 4.32. The van der Waals surface area contributed by atoms with Crippen LogP contribution in [-0.2, 0) is 11.2 Å². The number of benzene rings is 1. The number of fused-ring (bicyclic) bond motifs is 3. The van der Waals surface area contributed by atoms with Gasteiger partial charge in [-0.05, 0) is 60.7 Å². The largest absolute Gasteiger partial charge is 0.493 e. The number of carbonyl (C=O) groups is 1. The highest BCUT2D eigenvalue weighted by molar-refractivity contribution is 5.83. The van der Waals surface area contributed by atoms with Gasteiger partial charge in [0.25, 0.3) is 0 Å². The second kappa shape index (κ2) is 8.97. The molecule has 1 N–H and O–H groups in total. The summed E-state index contributed by atoms with van der Waals surface area (Å²) in [6.45, 7) is 3.34. The van der Waals surface area contributed by atoms with Crippen molar-refractivity contribution in [3.8, 4) is 34.1 Å². The highest BCUT2D eigenvalue weighted by Gasteiger charge is 2.29. The fourth-order valence-corrected chi connectivity index (χ4v) is 4.44. The first-order valence-corrected chi connectivity index (χ1v) is 10.7. The van der Waals surface area contributed by atoms with Gasteiger partial charge in [0.2, 0.25) is 17.1 Å². The average molecular weight is 450 g/mol. The lowest BCUT2D eigenvalue weighted by Crippen LogP contribution is -2.26. The molecule has 0 saturated carbocycles. The van der Waals surface area contributed by atoms with Crippen LogP contribution in [0.15, 0.2) is 41.3 Å². The number of nitrogens with one attached hydrogen (secondary N) is 1. The third kappa shape index (κ3) is 4.04. The van der Waals surface area contributed by atoms with E-state index in [4.69, 9.17) is 14.2 Å². The van der Waals surface area contributed by atoms with E-state index in [0.29, 0.717) is 35.8 Å². The van der Waals surface area contributed by atoms with E-state index >= 15 is 0 Å². The maximum atomic E-state index is 13.3. The molecule has 1 atom stereocenters. The standard InChI is InChI=1S/C25H27N3O5/c1-14-10-11-28(27-14)20-9-7-17-18(13-21(20)30)19(26-15(2)29)8-6-16-12-22(31-3)24(32-4)25(33-5)23(16)17/h7,9-13,19H,6,8H2,1-5H3,(H,26,29). The molecule has 8 heteroatoms. The molecule has 1 unspecified atom stereocenters. The Balaban J connectivity index is 2.07. The van der Waals surface area contributed by atoms with E-state index in [-0.39, 0.29) is 17.4 Å². The zero-order valence-electron chi connectivity index (χ0n) is 19.4. The number of methoxy groups -OCH3 is 3. The van der Waals surface area contributed by atoms with E-state index in [1.165, 1.54) is 6.92 Å². The lowest BCUT2D eigenvalue weighted by molar-refractivity contribution is -0.119. The van der Waals surface area contributed by atoms with Crippen LogP contribution < -0.4 is 25.0 Å². The summed E-state index contributed by atoms with van der Waals surface area (Å²) in [4.78, 5) is 25.3. The van der Waals surface area contributed by atoms with Crippen molar-refractivity contribution in [3.05, 3.63) is 63.6 Å². The van der Waals surface area contributed by atoms with Crippen molar-refractivity contribution < 1.29 is 19.0 Å². The molecule has 2 aromatic carbocycles. The number of carbonyl (C=O) groups excluding carboxylic acids is 1. The second-order valence-electron chi connectivity index (χ2n) is 7.97. The third-order valence-electron chi connectivity index (χ3n) is 5.86. The molecule has 3 aromatic rings. The zero-order valence-corrected chi connectivity index (χ0v) is 19.4. The Labute approximate surface area is 192 Å². The van der Waals surface area contributed by atoms with Crippen molar-refractivity contribution in [1.82, 2.24) is 15.1 Å². The molecule has 8 nitrogen and oxygen atoms in total. The van der Waals surface area contributed by atoms with Crippen LogP contribution >= 0.6 is 0 Å². The van der Waals surface area contributed by atoms with E-state index in [9.17, 15) is 9.59 Å². The number of aromatic nitrogens is 2. The lowest BCUT2D eigenvalue weighted by Gasteiger charge is -2.19. The number of hydrogen-bond donors (Lipinski definition) is 1. The number of hydrogen-bond acceptors (Lipinski definition) is 6. The van der Waals surface area contributed by atoms with Gasteiger partial charge in [-0.25, -0.2) is 4.68 Å². The molecular formula is C25H27N3O5. The molecule has 0 bridgehead atoms. The number of aryl methyl sites for hydroxylation is 2. The maximum absolute atomic E-state index is 13.3. The Bertz CT molecular complexity index is 1280. The first-order chi connectivity index (χ1) is 15.9. The molecule has 1 heterocycles. The molecule has 0 saturated heterocycles. The molecular weight excluding hydrogens is 422 g/mol. The van der Waals surface area contributed by atoms with Gasteiger partial charge in [0.05, 0.1) is 33.1 Å². The maximum Gasteiger partial charge on any atom is 0.217 e. The molecule has 4 rings (SSSR count). The molecule has 0 radical (unpaired) electrons. The molecule has 33 heavy (non-hydrogen) atoms. The zero-order chi connectivity index (χ0) is 23.7. The summed E-state index contributed by atoms with van der Waals surface area (Å²) in [5.74, 6) is 1.39. The minimum absolute atomic E-state index is 0.166. The number of nitrogens with zero attached hydrogens (tertiary/aromatic N) is 2. The van der Waals surface area contributed by atoms with Crippen molar-refractivity contribution in [2.75, 3.05) is 21.3 Å². The molecule has 1 aliphatic carbocycles. The Morgan fingerprint density at radius 1 is 1.09 bits per heavy atom. The van der Waals surface area contributed by atoms with Crippen molar-refractivity contribution in [3.63, 3.8) is 0 Å². The third-order valence-corrected chi connectivity index (χ3v) is 5.86. The predicted molar refractivity (Wildman–Crippen MR) is 125 cm³/mol. The predicted octanol–water partition coefficient (Wildman–Crippen LogP) is 3.36. The minimum Gasteiger partial charge on any atom is -0.493 e. The van der Waals surface area contributed by atoms with Crippen molar-refractivity contribution >= 4 is 5.91 Å². The highest BCUT2D eigenvalue weighted by atomic mass is 16.5. The lowest BCUT2D eigenvalue weighted by atomic mass is 9.95. The van der Waals surface area contributed by atoms with Crippen LogP contribution in [-0.4, -0.2) is 37.0 Å². The first kappa shape index (κ1) is 22.4. The van der Waals surface area contributed by atoms with Gasteiger partial charge in [0.15, 0.2) is 11.5 Å². The average Bonchev–Trinajstić information content (AvgIpc) is 3.07. The summed E-state index contributed by atoms with van der Waals surface area (Å²) in [6, 6.07) is 8.65. The van der Waals surface area contributed by atoms with Gasteiger partial charge >= 0.3 is 0 Å². The summed E-state index contributed by atoms with van der Waals surface area (Å²) in [5, 5.41) is 7.40. The van der Waals surface area contributed by atoms with E-state index in [1.807, 2.05) is 25.1 Å². The van der Waals surface area contributed by atoms with Crippen LogP contribution in [0.4, 0.5) is 0 Å². The molecule has 1 aromatic heterocycles. The molecule has 172 valence electrons. The van der Waals surface area contributed by atoms with Gasteiger partial charge in [0.1, 0.15) is 5.69 Å². The summed E-state index contributed by atoms with van der Waals surface area (Å²) in [7, 11) is 4.72. The number of ether oxygens (including phenoxy) is 3. The topological polar surface area (TPSA) is 91.7 Å². The first-order valence-electron chi connectivity index (χ1n) is 10.7. The van der Waals surface area contributed by atoms with E-state index in [0.717, 1.165) is 27.9 Å². The van der Waals surface area contributed by atoms with Gasteiger partial charge in [-0.1, -0.05) is 6.07 Å². The van der Waals surface area contributed by atoms with E-state index < -0.39 is 0 Å². The van der Waals surface area contributed by atoms with Crippen molar-refractivity contribution in [2.24, 2.45) is 0 Å². The second-order valence-corrected chi connectivity index (χ2v) is 7.97. The number of rotatable bonds is 5. The van der Waals surface area contributed by atoms with Gasteiger partial charge in [-0.2, -0.15) is 5.10 Å². The summed E-state index contributed by atoms with van der Waals surface area (Å²) < 4.78 is 18.5. The molecule has 1 aliphatic rings. The quantitative estimate of drug-likeness (QED) is 0.642. The highest BCUT2D eigenvalue weighted by Crippen LogP contribution is 2.50. The van der Waals surface area contributed by atoms with Crippen molar-refractivity contribution in [2.45, 2.75) is 32.7 Å². The van der Waals surface area contributed by atoms with E-state index in [2.05, 4.69) is 10.4 Å². The van der Waals surface area contributed by atoms with Crippen LogP contribution in [0.25, 0.3) is 16.8 Å². The van der Waals surface area contributed by atoms with Gasteiger partial charge in [-0.15, -0.1) is 0 Å².